The zero-order valence-corrected chi connectivity index (χ0v) is 20.6. The minimum absolute atomic E-state index is 0.151. The lowest BCUT2D eigenvalue weighted by atomic mass is 9.95. The Hall–Kier alpha value is -4.11. The highest BCUT2D eigenvalue weighted by molar-refractivity contribution is 7.22. The monoisotopic (exact) mass is 520 g/mol. The SMILES string of the molecule is CCCCOc1ccc(C2/C(=C(\O)c3ccc(F)cc3)C(=O)C(=O)N2c2nc3ccc(F)cc3s2)cc1. The highest BCUT2D eigenvalue weighted by atomic mass is 32.1. The van der Waals surface area contributed by atoms with Gasteiger partial charge in [-0.2, -0.15) is 0 Å². The van der Waals surface area contributed by atoms with Crippen LogP contribution in [-0.2, 0) is 9.59 Å². The van der Waals surface area contributed by atoms with E-state index in [0.29, 0.717) is 28.1 Å². The molecule has 1 unspecified atom stereocenters. The molecule has 0 bridgehead atoms. The maximum absolute atomic E-state index is 13.8. The van der Waals surface area contributed by atoms with Crippen molar-refractivity contribution in [3.8, 4) is 5.75 Å². The van der Waals surface area contributed by atoms with E-state index in [1.54, 1.807) is 24.3 Å². The van der Waals surface area contributed by atoms with Crippen LogP contribution >= 0.6 is 11.3 Å². The summed E-state index contributed by atoms with van der Waals surface area (Å²) in [5.41, 5.74) is 1.05. The number of benzene rings is 3. The van der Waals surface area contributed by atoms with Crippen LogP contribution in [0.1, 0.15) is 36.9 Å². The number of anilines is 1. The number of ether oxygens (including phenoxy) is 1. The zero-order chi connectivity index (χ0) is 26.1. The van der Waals surface area contributed by atoms with E-state index >= 15 is 0 Å². The lowest BCUT2D eigenvalue weighted by Crippen LogP contribution is -2.29. The van der Waals surface area contributed by atoms with Gasteiger partial charge in [0.15, 0.2) is 5.13 Å². The number of unbranched alkanes of at least 4 members (excludes halogenated alkanes) is 1. The minimum atomic E-state index is -1.01. The van der Waals surface area contributed by atoms with Crippen LogP contribution in [0.4, 0.5) is 13.9 Å². The predicted molar refractivity (Wildman–Crippen MR) is 138 cm³/mol. The third-order valence-corrected chi connectivity index (χ3v) is 7.09. The maximum Gasteiger partial charge on any atom is 0.301 e. The second kappa shape index (κ2) is 10.1. The summed E-state index contributed by atoms with van der Waals surface area (Å²) < 4.78 is 33.5. The fourth-order valence-corrected chi connectivity index (χ4v) is 5.20. The smallest absolute Gasteiger partial charge is 0.301 e. The van der Waals surface area contributed by atoms with Crippen molar-refractivity contribution in [2.24, 2.45) is 0 Å². The first kappa shape index (κ1) is 24.6. The van der Waals surface area contributed by atoms with Crippen LogP contribution in [0.5, 0.6) is 5.75 Å². The first-order chi connectivity index (χ1) is 17.9. The van der Waals surface area contributed by atoms with Gasteiger partial charge in [0.1, 0.15) is 23.1 Å². The summed E-state index contributed by atoms with van der Waals surface area (Å²) in [7, 11) is 0. The number of thiazole rings is 1. The summed E-state index contributed by atoms with van der Waals surface area (Å²) >= 11 is 1.06. The Bertz CT molecular complexity index is 1510. The molecule has 1 aliphatic heterocycles. The number of halogens is 2. The van der Waals surface area contributed by atoms with Gasteiger partial charge in [-0.3, -0.25) is 14.5 Å². The van der Waals surface area contributed by atoms with Gasteiger partial charge < -0.3 is 9.84 Å². The van der Waals surface area contributed by atoms with E-state index in [9.17, 15) is 23.5 Å². The second-order valence-corrected chi connectivity index (χ2v) is 9.56. The summed E-state index contributed by atoms with van der Waals surface area (Å²) in [6.45, 7) is 2.62. The topological polar surface area (TPSA) is 79.7 Å². The number of carbonyl (C=O) groups excluding carboxylic acids is 2. The van der Waals surface area contributed by atoms with Crippen molar-refractivity contribution in [1.82, 2.24) is 4.98 Å². The molecular formula is C28H22F2N2O4S. The van der Waals surface area contributed by atoms with Crippen LogP contribution in [0.25, 0.3) is 16.0 Å². The van der Waals surface area contributed by atoms with Crippen molar-refractivity contribution >= 4 is 44.1 Å². The molecule has 1 saturated heterocycles. The molecule has 1 aliphatic rings. The Morgan fingerprint density at radius 3 is 2.43 bits per heavy atom. The number of carbonyl (C=O) groups is 2. The Labute approximate surface area is 215 Å². The van der Waals surface area contributed by atoms with Crippen LogP contribution in [0, 0.1) is 11.6 Å². The molecule has 0 radical (unpaired) electrons. The molecule has 4 aromatic rings. The quantitative estimate of drug-likeness (QED) is 0.132. The van der Waals surface area contributed by atoms with Gasteiger partial charge in [0.25, 0.3) is 5.78 Å². The van der Waals surface area contributed by atoms with Gasteiger partial charge in [-0.25, -0.2) is 13.8 Å². The lowest BCUT2D eigenvalue weighted by Gasteiger charge is -2.23. The number of hydrogen-bond acceptors (Lipinski definition) is 6. The number of aliphatic hydroxyl groups excluding tert-OH is 1. The Morgan fingerprint density at radius 2 is 1.73 bits per heavy atom. The standard InChI is InChI=1S/C28H22F2N2O4S/c1-2-3-14-36-20-11-6-16(7-12-20)24-23(25(33)17-4-8-18(29)9-5-17)26(34)27(35)32(24)28-31-21-13-10-19(30)15-22(21)37-28/h4-13,15,24,33H,2-3,14H2,1H3/b25-23+. The Kier molecular flexibility index (Phi) is 6.71. The van der Waals surface area contributed by atoms with Crippen LogP contribution in [-0.4, -0.2) is 28.4 Å². The van der Waals surface area contributed by atoms with E-state index in [1.807, 2.05) is 0 Å². The minimum Gasteiger partial charge on any atom is -0.507 e. The van der Waals surface area contributed by atoms with Gasteiger partial charge >= 0.3 is 5.91 Å². The van der Waals surface area contributed by atoms with E-state index in [-0.39, 0.29) is 16.3 Å². The van der Waals surface area contributed by atoms with E-state index < -0.39 is 35.1 Å². The summed E-state index contributed by atoms with van der Waals surface area (Å²) in [5.74, 6) is -2.54. The van der Waals surface area contributed by atoms with E-state index in [2.05, 4.69) is 11.9 Å². The van der Waals surface area contributed by atoms with E-state index in [0.717, 1.165) is 36.3 Å². The molecule has 1 amide bonds. The molecule has 9 heteroatoms. The third kappa shape index (κ3) is 4.70. The number of nitrogens with zero attached hydrogens (tertiary/aromatic N) is 2. The van der Waals surface area contributed by atoms with Gasteiger partial charge in [0.05, 0.1) is 28.4 Å². The molecule has 1 atom stereocenters. The number of hydrogen-bond donors (Lipinski definition) is 1. The second-order valence-electron chi connectivity index (χ2n) is 8.56. The number of ketones is 1. The van der Waals surface area contributed by atoms with Crippen molar-refractivity contribution in [3.63, 3.8) is 0 Å². The first-order valence-electron chi connectivity index (χ1n) is 11.7. The number of amides is 1. The molecule has 188 valence electrons. The molecular weight excluding hydrogens is 498 g/mol. The zero-order valence-electron chi connectivity index (χ0n) is 19.8. The maximum atomic E-state index is 13.8. The lowest BCUT2D eigenvalue weighted by molar-refractivity contribution is -0.132. The normalized spacial score (nSPS) is 17.1. The van der Waals surface area contributed by atoms with E-state index in [4.69, 9.17) is 4.74 Å². The Morgan fingerprint density at radius 1 is 1.03 bits per heavy atom. The molecule has 0 saturated carbocycles. The molecule has 0 spiro atoms. The summed E-state index contributed by atoms with van der Waals surface area (Å²) in [6, 6.07) is 14.9. The van der Waals surface area contributed by atoms with Gasteiger partial charge in [-0.1, -0.05) is 36.8 Å². The summed E-state index contributed by atoms with van der Waals surface area (Å²) in [5, 5.41) is 11.3. The van der Waals surface area contributed by atoms with Crippen molar-refractivity contribution in [2.45, 2.75) is 25.8 Å². The fraction of sp³-hybridized carbons (Fsp3) is 0.179. The third-order valence-electron chi connectivity index (χ3n) is 6.07. The molecule has 3 aromatic carbocycles. The molecule has 37 heavy (non-hydrogen) atoms. The van der Waals surface area contributed by atoms with Gasteiger partial charge in [0.2, 0.25) is 0 Å². The summed E-state index contributed by atoms with van der Waals surface area (Å²) in [6.07, 6.45) is 1.89. The van der Waals surface area contributed by atoms with Crippen LogP contribution in [0.2, 0.25) is 0 Å². The van der Waals surface area contributed by atoms with Gasteiger partial charge in [-0.05, 0) is 66.6 Å². The van der Waals surface area contributed by atoms with Crippen molar-refractivity contribution in [3.05, 3.63) is 95.1 Å². The first-order valence-corrected chi connectivity index (χ1v) is 12.5. The largest absolute Gasteiger partial charge is 0.507 e. The summed E-state index contributed by atoms with van der Waals surface area (Å²) in [4.78, 5) is 32.3. The molecule has 2 heterocycles. The predicted octanol–water partition coefficient (Wildman–Crippen LogP) is 6.38. The Balaban J connectivity index is 1.64. The van der Waals surface area contributed by atoms with Crippen molar-refractivity contribution < 1.29 is 28.2 Å². The number of Topliss-reactive ketones (excluding diaryl/α,β-unsaturated/α-hetero) is 1. The van der Waals surface area contributed by atoms with E-state index in [1.165, 1.54) is 35.2 Å². The molecule has 5 rings (SSSR count). The number of rotatable bonds is 7. The number of aliphatic hydroxyl groups is 1. The number of aromatic nitrogens is 1. The average Bonchev–Trinajstić information content (AvgIpc) is 3.42. The fourth-order valence-electron chi connectivity index (χ4n) is 4.18. The molecule has 1 fully saturated rings. The molecule has 0 aliphatic carbocycles. The molecule has 1 aromatic heterocycles. The highest BCUT2D eigenvalue weighted by Gasteiger charge is 2.48. The van der Waals surface area contributed by atoms with Crippen LogP contribution in [0.3, 0.4) is 0 Å². The average molecular weight is 521 g/mol. The molecule has 6 nitrogen and oxygen atoms in total. The van der Waals surface area contributed by atoms with Crippen LogP contribution in [0.15, 0.2) is 72.3 Å². The van der Waals surface area contributed by atoms with Crippen LogP contribution < -0.4 is 9.64 Å². The van der Waals surface area contributed by atoms with Crippen molar-refractivity contribution in [2.75, 3.05) is 11.5 Å². The van der Waals surface area contributed by atoms with Gasteiger partial charge in [0, 0.05) is 5.56 Å². The van der Waals surface area contributed by atoms with Gasteiger partial charge in [-0.15, -0.1) is 0 Å². The molecule has 1 N–H and O–H groups in total. The number of fused-ring (bicyclic) bond motifs is 1. The highest BCUT2D eigenvalue weighted by Crippen LogP contribution is 2.44. The van der Waals surface area contributed by atoms with Crippen molar-refractivity contribution in [1.29, 1.82) is 0 Å².